The van der Waals surface area contributed by atoms with Gasteiger partial charge in [0.25, 0.3) is 0 Å². The minimum atomic E-state index is 1.03. The van der Waals surface area contributed by atoms with Gasteiger partial charge in [0, 0.05) is 0 Å². The molecule has 0 rings (SSSR count). The van der Waals surface area contributed by atoms with Crippen LogP contribution in [0, 0.1) is 11.8 Å². The van der Waals surface area contributed by atoms with Crippen molar-refractivity contribution < 1.29 is 0 Å². The number of unbranched alkanes of at least 4 members (excludes halogenated alkanes) is 8. The summed E-state index contributed by atoms with van der Waals surface area (Å²) in [5.41, 5.74) is 0. The van der Waals surface area contributed by atoms with Crippen molar-refractivity contribution in [2.45, 2.75) is 137 Å². The van der Waals surface area contributed by atoms with E-state index in [1.54, 1.807) is 6.42 Å². The van der Waals surface area contributed by atoms with E-state index < -0.39 is 0 Å². The molecule has 0 unspecified atom stereocenters. The van der Waals surface area contributed by atoms with E-state index in [0.29, 0.717) is 0 Å². The normalized spacial score (nSPS) is 11.7. The van der Waals surface area contributed by atoms with Gasteiger partial charge in [0.2, 0.25) is 0 Å². The molecule has 0 aromatic rings. The maximum atomic E-state index is 2.34. The fourth-order valence-corrected chi connectivity index (χ4v) is 3.96. The van der Waals surface area contributed by atoms with Gasteiger partial charge in [0.1, 0.15) is 0 Å². The molecule has 0 aliphatic carbocycles. The molecule has 0 saturated carbocycles. The third-order valence-electron chi connectivity index (χ3n) is 5.53. The number of rotatable bonds is 18. The summed E-state index contributed by atoms with van der Waals surface area (Å²) in [6, 6.07) is 0. The van der Waals surface area contributed by atoms with Crippen LogP contribution in [-0.4, -0.2) is 0 Å². The lowest BCUT2D eigenvalue weighted by Gasteiger charge is -2.24. The average molecular weight is 325 g/mol. The largest absolute Gasteiger partial charge is 0.0654 e. The zero-order valence-corrected chi connectivity index (χ0v) is 17.2. The van der Waals surface area contributed by atoms with Crippen LogP contribution in [0.25, 0.3) is 0 Å². The van der Waals surface area contributed by atoms with Gasteiger partial charge in [-0.25, -0.2) is 0 Å². The lowest BCUT2D eigenvalue weighted by atomic mass is 9.82. The molecule has 0 radical (unpaired) electrons. The van der Waals surface area contributed by atoms with Crippen LogP contribution in [-0.2, 0) is 0 Å². The Morgan fingerprint density at radius 2 is 0.652 bits per heavy atom. The van der Waals surface area contributed by atoms with Crippen molar-refractivity contribution >= 4 is 0 Å². The Kier molecular flexibility index (Phi) is 18.3. The summed E-state index contributed by atoms with van der Waals surface area (Å²) >= 11 is 0. The molecule has 0 bridgehead atoms. The van der Waals surface area contributed by atoms with Gasteiger partial charge in [-0.1, -0.05) is 130 Å². The van der Waals surface area contributed by atoms with Crippen molar-refractivity contribution in [1.29, 1.82) is 0 Å². The van der Waals surface area contributed by atoms with Gasteiger partial charge in [-0.15, -0.1) is 0 Å². The lowest BCUT2D eigenvalue weighted by Crippen LogP contribution is -2.10. The molecule has 0 aliphatic rings. The molecule has 0 N–H and O–H groups in total. The predicted octanol–water partition coefficient (Wildman–Crippen LogP) is 8.93. The Balaban J connectivity index is 4.31. The van der Waals surface area contributed by atoms with E-state index in [1.165, 1.54) is 103 Å². The van der Waals surface area contributed by atoms with Crippen molar-refractivity contribution in [3.8, 4) is 0 Å². The summed E-state index contributed by atoms with van der Waals surface area (Å²) in [6.45, 7) is 9.35. The monoisotopic (exact) mass is 324 g/mol. The molecule has 23 heavy (non-hydrogen) atoms. The van der Waals surface area contributed by atoms with E-state index >= 15 is 0 Å². The molecule has 0 aliphatic heterocycles. The van der Waals surface area contributed by atoms with Gasteiger partial charge in [0.15, 0.2) is 0 Å². The number of hydrogen-bond donors (Lipinski definition) is 0. The van der Waals surface area contributed by atoms with Crippen LogP contribution in [0.3, 0.4) is 0 Å². The zero-order valence-electron chi connectivity index (χ0n) is 17.2. The fourth-order valence-electron chi connectivity index (χ4n) is 3.96. The summed E-state index contributed by atoms with van der Waals surface area (Å²) in [5, 5.41) is 0. The van der Waals surface area contributed by atoms with Gasteiger partial charge in [-0.2, -0.15) is 0 Å². The van der Waals surface area contributed by atoms with Crippen molar-refractivity contribution in [2.75, 3.05) is 0 Å². The van der Waals surface area contributed by atoms with Crippen molar-refractivity contribution in [2.24, 2.45) is 11.8 Å². The highest BCUT2D eigenvalue weighted by molar-refractivity contribution is 4.68. The van der Waals surface area contributed by atoms with Crippen LogP contribution < -0.4 is 0 Å². The highest BCUT2D eigenvalue weighted by atomic mass is 14.2. The molecule has 0 heterocycles. The SMILES string of the molecule is CCCCCC(CCCCC)CC(CCCCC)CCCCC. The second-order valence-corrected chi connectivity index (χ2v) is 7.95. The van der Waals surface area contributed by atoms with E-state index in [2.05, 4.69) is 27.7 Å². The molecule has 0 heteroatoms. The van der Waals surface area contributed by atoms with E-state index in [9.17, 15) is 0 Å². The van der Waals surface area contributed by atoms with Gasteiger partial charge in [-0.3, -0.25) is 0 Å². The third kappa shape index (κ3) is 15.3. The highest BCUT2D eigenvalue weighted by Gasteiger charge is 2.16. The zero-order chi connectivity index (χ0) is 17.2. The van der Waals surface area contributed by atoms with Crippen LogP contribution in [0.2, 0.25) is 0 Å². The van der Waals surface area contributed by atoms with Crippen molar-refractivity contribution in [3.05, 3.63) is 0 Å². The van der Waals surface area contributed by atoms with Gasteiger partial charge < -0.3 is 0 Å². The quantitative estimate of drug-likeness (QED) is 0.221. The molecule has 140 valence electrons. The molecule has 0 nitrogen and oxygen atoms in total. The highest BCUT2D eigenvalue weighted by Crippen LogP contribution is 2.30. The maximum Gasteiger partial charge on any atom is -0.0412 e. The summed E-state index contributed by atoms with van der Waals surface area (Å²) in [7, 11) is 0. The molecule has 0 fully saturated rings. The minimum absolute atomic E-state index is 1.03. The summed E-state index contributed by atoms with van der Waals surface area (Å²) in [6.07, 6.45) is 24.8. The number of hydrogen-bond acceptors (Lipinski definition) is 0. The fraction of sp³-hybridized carbons (Fsp3) is 1.00. The van der Waals surface area contributed by atoms with Gasteiger partial charge >= 0.3 is 0 Å². The molecular weight excluding hydrogens is 276 g/mol. The van der Waals surface area contributed by atoms with E-state index in [0.717, 1.165) is 11.8 Å². The van der Waals surface area contributed by atoms with Crippen LogP contribution in [0.1, 0.15) is 137 Å². The molecule has 0 aromatic heterocycles. The first-order valence-electron chi connectivity index (χ1n) is 11.3. The van der Waals surface area contributed by atoms with E-state index in [1.807, 2.05) is 0 Å². The Morgan fingerprint density at radius 1 is 0.391 bits per heavy atom. The average Bonchev–Trinajstić information content (AvgIpc) is 2.55. The first-order chi connectivity index (χ1) is 11.3. The second-order valence-electron chi connectivity index (χ2n) is 7.95. The molecule has 0 atom stereocenters. The Morgan fingerprint density at radius 3 is 0.870 bits per heavy atom. The van der Waals surface area contributed by atoms with Crippen LogP contribution in [0.4, 0.5) is 0 Å². The first kappa shape index (κ1) is 23.0. The Bertz CT molecular complexity index is 166. The second kappa shape index (κ2) is 18.3. The first-order valence-corrected chi connectivity index (χ1v) is 11.3. The van der Waals surface area contributed by atoms with Gasteiger partial charge in [0.05, 0.1) is 0 Å². The standard InChI is InChI=1S/C23H48/c1-5-9-13-17-22(18-14-10-6-2)21-23(19-15-11-7-3)20-16-12-8-4/h22-23H,5-21H2,1-4H3. The topological polar surface area (TPSA) is 0 Å². The molecule has 0 saturated heterocycles. The smallest absolute Gasteiger partial charge is 0.0412 e. The van der Waals surface area contributed by atoms with Crippen LogP contribution in [0.5, 0.6) is 0 Å². The lowest BCUT2D eigenvalue weighted by molar-refractivity contribution is 0.284. The van der Waals surface area contributed by atoms with E-state index in [4.69, 9.17) is 0 Å². The third-order valence-corrected chi connectivity index (χ3v) is 5.53. The molecule has 0 spiro atoms. The van der Waals surface area contributed by atoms with Crippen LogP contribution >= 0.6 is 0 Å². The molecule has 0 aromatic carbocycles. The summed E-state index contributed by atoms with van der Waals surface area (Å²) in [4.78, 5) is 0. The Labute approximate surface area is 149 Å². The molecule has 0 amide bonds. The van der Waals surface area contributed by atoms with Gasteiger partial charge in [-0.05, 0) is 18.3 Å². The van der Waals surface area contributed by atoms with Crippen molar-refractivity contribution in [3.63, 3.8) is 0 Å². The summed E-state index contributed by atoms with van der Waals surface area (Å²) in [5.74, 6) is 2.06. The van der Waals surface area contributed by atoms with E-state index in [-0.39, 0.29) is 0 Å². The summed E-state index contributed by atoms with van der Waals surface area (Å²) < 4.78 is 0. The minimum Gasteiger partial charge on any atom is -0.0654 e. The molecular formula is C23H48. The predicted molar refractivity (Wildman–Crippen MR) is 108 cm³/mol. The van der Waals surface area contributed by atoms with Crippen LogP contribution in [0.15, 0.2) is 0 Å². The maximum absolute atomic E-state index is 2.34. The van der Waals surface area contributed by atoms with Crippen molar-refractivity contribution in [1.82, 2.24) is 0 Å². The Hall–Kier alpha value is 0.